The first-order valence-corrected chi connectivity index (χ1v) is 7.95. The van der Waals surface area contributed by atoms with Crippen molar-refractivity contribution in [2.45, 2.75) is 12.5 Å². The second kappa shape index (κ2) is 7.42. The summed E-state index contributed by atoms with van der Waals surface area (Å²) in [7, 11) is 3.53. The number of methoxy groups -OCH3 is 1. The maximum atomic E-state index is 13.3. The smallest absolute Gasteiger partial charge is 0.124 e. The van der Waals surface area contributed by atoms with Crippen molar-refractivity contribution in [3.63, 3.8) is 0 Å². The molecule has 0 fully saturated rings. The first-order chi connectivity index (χ1) is 10.0. The molecule has 2 aromatic rings. The van der Waals surface area contributed by atoms with Gasteiger partial charge in [-0.25, -0.2) is 4.39 Å². The Bertz CT molecular complexity index is 636. The van der Waals surface area contributed by atoms with Crippen LogP contribution in [0.1, 0.15) is 17.2 Å². The molecular weight excluding hydrogens is 404 g/mol. The molecule has 21 heavy (non-hydrogen) atoms. The number of ether oxygens (including phenoxy) is 1. The van der Waals surface area contributed by atoms with Gasteiger partial charge in [0.1, 0.15) is 11.6 Å². The van der Waals surface area contributed by atoms with Gasteiger partial charge in [0.15, 0.2) is 0 Å². The fraction of sp³-hybridized carbons (Fsp3) is 0.250. The molecule has 2 aromatic carbocycles. The molecule has 0 spiro atoms. The number of likely N-dealkylation sites (N-methyl/N-ethyl adjacent to an activating group) is 1. The average molecular weight is 420 g/mol. The van der Waals surface area contributed by atoms with E-state index in [0.717, 1.165) is 20.4 Å². The quantitative estimate of drug-likeness (QED) is 0.716. The highest BCUT2D eigenvalue weighted by Crippen LogP contribution is 2.29. The molecule has 0 aromatic heterocycles. The first kappa shape index (κ1) is 16.5. The lowest BCUT2D eigenvalue weighted by molar-refractivity contribution is 0.406. The molecule has 5 heteroatoms. The van der Waals surface area contributed by atoms with E-state index in [-0.39, 0.29) is 11.9 Å². The fourth-order valence-electron chi connectivity index (χ4n) is 2.28. The lowest BCUT2D eigenvalue weighted by Gasteiger charge is -2.20. The van der Waals surface area contributed by atoms with Crippen LogP contribution in [0.4, 0.5) is 4.39 Å². The molecular formula is C16H16ClFINO. The van der Waals surface area contributed by atoms with E-state index in [1.165, 1.54) is 12.1 Å². The Kier molecular flexibility index (Phi) is 5.84. The van der Waals surface area contributed by atoms with Crippen LogP contribution in [0.5, 0.6) is 5.75 Å². The maximum Gasteiger partial charge on any atom is 0.124 e. The average Bonchev–Trinajstić information content (AvgIpc) is 2.45. The van der Waals surface area contributed by atoms with Crippen LogP contribution < -0.4 is 10.1 Å². The number of rotatable bonds is 5. The largest absolute Gasteiger partial charge is 0.496 e. The van der Waals surface area contributed by atoms with Gasteiger partial charge in [0.05, 0.1) is 7.11 Å². The van der Waals surface area contributed by atoms with E-state index in [1.54, 1.807) is 13.2 Å². The minimum atomic E-state index is -0.224. The molecule has 0 bridgehead atoms. The third-order valence-corrected chi connectivity index (χ3v) is 4.52. The van der Waals surface area contributed by atoms with Gasteiger partial charge < -0.3 is 10.1 Å². The lowest BCUT2D eigenvalue weighted by Crippen LogP contribution is -2.20. The Morgan fingerprint density at radius 1 is 1.29 bits per heavy atom. The molecule has 0 aliphatic rings. The van der Waals surface area contributed by atoms with Gasteiger partial charge in [0, 0.05) is 14.6 Å². The van der Waals surface area contributed by atoms with Crippen LogP contribution in [-0.2, 0) is 6.42 Å². The van der Waals surface area contributed by atoms with E-state index in [2.05, 4.69) is 27.9 Å². The second-order valence-corrected chi connectivity index (χ2v) is 6.27. The van der Waals surface area contributed by atoms with Gasteiger partial charge in [-0.3, -0.25) is 0 Å². The van der Waals surface area contributed by atoms with E-state index in [4.69, 9.17) is 16.3 Å². The van der Waals surface area contributed by atoms with Crippen molar-refractivity contribution in [2.24, 2.45) is 0 Å². The highest BCUT2D eigenvalue weighted by atomic mass is 127. The number of halogens is 3. The van der Waals surface area contributed by atoms with Crippen LogP contribution in [0.15, 0.2) is 36.4 Å². The summed E-state index contributed by atoms with van der Waals surface area (Å²) in [5, 5.41) is 3.95. The summed E-state index contributed by atoms with van der Waals surface area (Å²) in [4.78, 5) is 0. The van der Waals surface area contributed by atoms with Crippen molar-refractivity contribution in [1.29, 1.82) is 0 Å². The summed E-state index contributed by atoms with van der Waals surface area (Å²) >= 11 is 8.23. The van der Waals surface area contributed by atoms with Gasteiger partial charge in [0.25, 0.3) is 0 Å². The van der Waals surface area contributed by atoms with Crippen molar-refractivity contribution < 1.29 is 9.13 Å². The summed E-state index contributed by atoms with van der Waals surface area (Å²) in [5.74, 6) is 0.579. The number of hydrogen-bond acceptors (Lipinski definition) is 2. The number of nitrogens with one attached hydrogen (secondary N) is 1. The third kappa shape index (κ3) is 4.08. The van der Waals surface area contributed by atoms with E-state index in [0.29, 0.717) is 11.4 Å². The zero-order chi connectivity index (χ0) is 15.4. The van der Waals surface area contributed by atoms with Gasteiger partial charge in [-0.1, -0.05) is 17.7 Å². The van der Waals surface area contributed by atoms with Crippen molar-refractivity contribution in [3.8, 4) is 5.75 Å². The molecule has 0 aliphatic heterocycles. The van der Waals surface area contributed by atoms with Crippen molar-refractivity contribution in [3.05, 3.63) is 61.9 Å². The summed E-state index contributed by atoms with van der Waals surface area (Å²) in [6.45, 7) is 0. The second-order valence-electron chi connectivity index (χ2n) is 4.67. The Balaban J connectivity index is 2.33. The van der Waals surface area contributed by atoms with E-state index in [1.807, 2.05) is 25.2 Å². The monoisotopic (exact) mass is 419 g/mol. The van der Waals surface area contributed by atoms with Crippen molar-refractivity contribution >= 4 is 34.2 Å². The van der Waals surface area contributed by atoms with Gasteiger partial charge >= 0.3 is 0 Å². The fourth-order valence-corrected chi connectivity index (χ4v) is 3.33. The minimum absolute atomic E-state index is 0.0601. The molecule has 1 unspecified atom stereocenters. The van der Waals surface area contributed by atoms with Gasteiger partial charge in [-0.2, -0.15) is 0 Å². The van der Waals surface area contributed by atoms with Gasteiger partial charge in [-0.05, 0) is 77.5 Å². The maximum absolute atomic E-state index is 13.3. The van der Waals surface area contributed by atoms with Gasteiger partial charge in [0.2, 0.25) is 0 Å². The summed E-state index contributed by atoms with van der Waals surface area (Å²) in [6, 6.07) is 10.5. The molecule has 0 radical (unpaired) electrons. The predicted octanol–water partition coefficient (Wildman–Crippen LogP) is 4.60. The van der Waals surface area contributed by atoms with Crippen LogP contribution in [0.25, 0.3) is 0 Å². The Morgan fingerprint density at radius 3 is 2.67 bits per heavy atom. The molecule has 0 amide bonds. The molecule has 2 nitrogen and oxygen atoms in total. The summed E-state index contributed by atoms with van der Waals surface area (Å²) in [5.41, 5.74) is 2.08. The highest BCUT2D eigenvalue weighted by Gasteiger charge is 2.16. The molecule has 1 N–H and O–H groups in total. The van der Waals surface area contributed by atoms with E-state index >= 15 is 0 Å². The zero-order valence-corrected chi connectivity index (χ0v) is 14.7. The molecule has 0 saturated carbocycles. The normalized spacial score (nSPS) is 12.2. The highest BCUT2D eigenvalue weighted by molar-refractivity contribution is 14.1. The summed E-state index contributed by atoms with van der Waals surface area (Å²) < 4.78 is 19.5. The minimum Gasteiger partial charge on any atom is -0.496 e. The summed E-state index contributed by atoms with van der Waals surface area (Å²) in [6.07, 6.45) is 0.710. The zero-order valence-electron chi connectivity index (χ0n) is 11.8. The van der Waals surface area contributed by atoms with Crippen LogP contribution in [0.3, 0.4) is 0 Å². The first-order valence-electron chi connectivity index (χ1n) is 6.49. The van der Waals surface area contributed by atoms with Crippen LogP contribution >= 0.6 is 34.2 Å². The van der Waals surface area contributed by atoms with Crippen molar-refractivity contribution in [1.82, 2.24) is 5.32 Å². The number of benzene rings is 2. The molecule has 0 heterocycles. The molecule has 0 aliphatic carbocycles. The van der Waals surface area contributed by atoms with Crippen molar-refractivity contribution in [2.75, 3.05) is 14.2 Å². The Morgan fingerprint density at radius 2 is 2.05 bits per heavy atom. The standard InChI is InChI=1S/C16H16ClFINO/c1-20-15(13-5-4-12(18)9-14(13)19)8-10-7-11(17)3-6-16(10)21-2/h3-7,9,15,20H,8H2,1-2H3. The van der Waals surface area contributed by atoms with Crippen LogP contribution in [0.2, 0.25) is 5.02 Å². The van der Waals surface area contributed by atoms with Crippen LogP contribution in [0, 0.1) is 9.39 Å². The predicted molar refractivity (Wildman–Crippen MR) is 92.6 cm³/mol. The molecule has 2 rings (SSSR count). The third-order valence-electron chi connectivity index (χ3n) is 3.35. The molecule has 1 atom stereocenters. The Hall–Kier alpha value is -0.850. The molecule has 0 saturated heterocycles. The SMILES string of the molecule is CNC(Cc1cc(Cl)ccc1OC)c1ccc(F)cc1I. The lowest BCUT2D eigenvalue weighted by atomic mass is 9.98. The van der Waals surface area contributed by atoms with E-state index in [9.17, 15) is 4.39 Å². The topological polar surface area (TPSA) is 21.3 Å². The molecule has 112 valence electrons. The van der Waals surface area contributed by atoms with Gasteiger partial charge in [-0.15, -0.1) is 0 Å². The van der Waals surface area contributed by atoms with E-state index < -0.39 is 0 Å². The Labute approximate surface area is 142 Å². The number of hydrogen-bond donors (Lipinski definition) is 1. The van der Waals surface area contributed by atoms with Crippen LogP contribution in [-0.4, -0.2) is 14.2 Å².